The zero-order valence-corrected chi connectivity index (χ0v) is 20.0. The van der Waals surface area contributed by atoms with E-state index in [0.29, 0.717) is 10.6 Å². The van der Waals surface area contributed by atoms with E-state index in [1.807, 2.05) is 18.2 Å². The van der Waals surface area contributed by atoms with Crippen LogP contribution in [0.4, 0.5) is 0 Å². The van der Waals surface area contributed by atoms with Crippen LogP contribution < -0.4 is 5.14 Å². The van der Waals surface area contributed by atoms with Gasteiger partial charge in [-0.3, -0.25) is 4.90 Å². The third-order valence-corrected chi connectivity index (χ3v) is 9.25. The van der Waals surface area contributed by atoms with E-state index in [2.05, 4.69) is 28.2 Å². The zero-order chi connectivity index (χ0) is 22.5. The fourth-order valence-corrected chi connectivity index (χ4v) is 6.97. The average molecular weight is 490 g/mol. The molecule has 5 rings (SSSR count). The molecule has 1 aliphatic rings. The van der Waals surface area contributed by atoms with Crippen LogP contribution in [0.15, 0.2) is 40.7 Å². The van der Waals surface area contributed by atoms with Crippen LogP contribution in [0.2, 0.25) is 5.02 Å². The number of sulfonamides is 1. The second kappa shape index (κ2) is 8.44. The Kier molecular flexibility index (Phi) is 5.77. The third kappa shape index (κ3) is 3.96. The minimum absolute atomic E-state index is 0.185. The highest BCUT2D eigenvalue weighted by Gasteiger charge is 2.22. The van der Waals surface area contributed by atoms with Gasteiger partial charge < -0.3 is 9.72 Å². The van der Waals surface area contributed by atoms with Gasteiger partial charge in [-0.2, -0.15) is 0 Å². The van der Waals surface area contributed by atoms with Crippen molar-refractivity contribution in [2.45, 2.75) is 17.6 Å². The zero-order valence-electron chi connectivity index (χ0n) is 17.7. The number of nitrogens with two attached hydrogens (primary N) is 1. The summed E-state index contributed by atoms with van der Waals surface area (Å²) in [6.07, 6.45) is 3.01. The van der Waals surface area contributed by atoms with Crippen molar-refractivity contribution in [1.82, 2.24) is 9.88 Å². The fourth-order valence-electron chi connectivity index (χ4n) is 4.49. The number of aromatic nitrogens is 1. The molecule has 2 aromatic heterocycles. The Balaban J connectivity index is 1.59. The lowest BCUT2D eigenvalue weighted by molar-refractivity contribution is 0.0385. The van der Waals surface area contributed by atoms with E-state index >= 15 is 0 Å². The maximum Gasteiger partial charge on any atom is 0.247 e. The van der Waals surface area contributed by atoms with Crippen molar-refractivity contribution in [2.24, 2.45) is 5.14 Å². The Bertz CT molecular complexity index is 1420. The molecule has 1 fully saturated rings. The molecular weight excluding hydrogens is 466 g/mol. The van der Waals surface area contributed by atoms with E-state index < -0.39 is 10.0 Å². The number of H-pyrrole nitrogens is 1. The Labute approximate surface area is 196 Å². The molecule has 6 nitrogen and oxygen atoms in total. The highest BCUT2D eigenvalue weighted by Crippen LogP contribution is 2.43. The van der Waals surface area contributed by atoms with Crippen LogP contribution >= 0.6 is 22.9 Å². The Morgan fingerprint density at radius 2 is 2.00 bits per heavy atom. The van der Waals surface area contributed by atoms with Gasteiger partial charge in [0.2, 0.25) is 10.0 Å². The molecule has 2 aromatic carbocycles. The van der Waals surface area contributed by atoms with Gasteiger partial charge in [0.05, 0.1) is 13.2 Å². The van der Waals surface area contributed by atoms with Gasteiger partial charge in [-0.05, 0) is 54.3 Å². The summed E-state index contributed by atoms with van der Waals surface area (Å²) in [6.45, 7) is 6.30. The summed E-state index contributed by atoms with van der Waals surface area (Å²) in [5, 5.41) is 8.04. The number of nitrogens with zero attached hydrogens (tertiary/aromatic N) is 1. The van der Waals surface area contributed by atoms with E-state index in [0.717, 1.165) is 71.4 Å². The number of ether oxygens (including phenoxy) is 1. The molecule has 1 saturated heterocycles. The molecule has 0 aliphatic carbocycles. The van der Waals surface area contributed by atoms with Crippen molar-refractivity contribution in [1.29, 1.82) is 0 Å². The van der Waals surface area contributed by atoms with Gasteiger partial charge in [0, 0.05) is 57.4 Å². The molecule has 1 aliphatic heterocycles. The first kappa shape index (κ1) is 21.9. The first-order chi connectivity index (χ1) is 15.3. The largest absolute Gasteiger partial charge is 0.379 e. The molecule has 0 atom stereocenters. The van der Waals surface area contributed by atoms with E-state index in [-0.39, 0.29) is 4.21 Å². The van der Waals surface area contributed by atoms with Gasteiger partial charge in [-0.25, -0.2) is 13.6 Å². The van der Waals surface area contributed by atoms with E-state index in [9.17, 15) is 8.42 Å². The summed E-state index contributed by atoms with van der Waals surface area (Å²) < 4.78 is 30.6. The summed E-state index contributed by atoms with van der Waals surface area (Å²) in [4.78, 5) is 5.80. The van der Waals surface area contributed by atoms with Gasteiger partial charge in [0.15, 0.2) is 0 Å². The number of aryl methyl sites for hydroxylation is 1. The summed E-state index contributed by atoms with van der Waals surface area (Å²) in [5.41, 5.74) is 4.77. The first-order valence-electron chi connectivity index (χ1n) is 10.5. The lowest BCUT2D eigenvalue weighted by Crippen LogP contribution is -2.37. The van der Waals surface area contributed by atoms with Gasteiger partial charge in [-0.1, -0.05) is 17.7 Å². The van der Waals surface area contributed by atoms with Gasteiger partial charge >= 0.3 is 0 Å². The molecule has 3 heterocycles. The number of nitrogens with one attached hydrogen (secondary N) is 1. The highest BCUT2D eigenvalue weighted by atomic mass is 35.5. The smallest absolute Gasteiger partial charge is 0.247 e. The molecular formula is C23H24ClN3O3S2. The van der Waals surface area contributed by atoms with Crippen LogP contribution in [0.5, 0.6) is 0 Å². The maximum absolute atomic E-state index is 12.1. The Morgan fingerprint density at radius 1 is 1.22 bits per heavy atom. The summed E-state index contributed by atoms with van der Waals surface area (Å²) in [7, 11) is -3.80. The van der Waals surface area contributed by atoms with E-state index in [1.165, 1.54) is 16.9 Å². The van der Waals surface area contributed by atoms with E-state index in [1.54, 1.807) is 6.92 Å². The van der Waals surface area contributed by atoms with E-state index in [4.69, 9.17) is 21.5 Å². The number of fused-ring (bicyclic) bond motifs is 2. The normalized spacial score (nSPS) is 15.7. The van der Waals surface area contributed by atoms with Crippen LogP contribution in [0.3, 0.4) is 0 Å². The molecule has 0 radical (unpaired) electrons. The average Bonchev–Trinajstić information content (AvgIpc) is 3.33. The summed E-state index contributed by atoms with van der Waals surface area (Å²) in [6, 6.07) is 9.91. The standard InChI is InChI=1S/C23H24ClN3O3S2/c1-14-21-20(31-23(14)32(25,28)29)5-3-18(24)22(21)15-2-4-19-17(12-15)16(13-26-19)6-7-27-8-10-30-11-9-27/h2-5,12-13,26H,6-11H2,1H3,(H2,25,28,29). The van der Waals surface area contributed by atoms with Crippen molar-refractivity contribution >= 4 is 54.0 Å². The van der Waals surface area contributed by atoms with Crippen molar-refractivity contribution in [3.05, 3.63) is 52.7 Å². The molecule has 32 heavy (non-hydrogen) atoms. The molecule has 0 spiro atoms. The summed E-state index contributed by atoms with van der Waals surface area (Å²) in [5.74, 6) is 0. The van der Waals surface area contributed by atoms with Crippen LogP contribution in [0.1, 0.15) is 11.1 Å². The molecule has 4 aromatic rings. The number of hydrogen-bond acceptors (Lipinski definition) is 5. The predicted octanol–water partition coefficient (Wildman–Crippen LogP) is 4.53. The predicted molar refractivity (Wildman–Crippen MR) is 131 cm³/mol. The molecule has 0 unspecified atom stereocenters. The van der Waals surface area contributed by atoms with Crippen LogP contribution in [-0.2, 0) is 21.2 Å². The molecule has 168 valence electrons. The quantitative estimate of drug-likeness (QED) is 0.431. The summed E-state index contributed by atoms with van der Waals surface area (Å²) >= 11 is 7.85. The number of hydrogen-bond donors (Lipinski definition) is 2. The number of primary sulfonamides is 1. The Hall–Kier alpha value is -1.94. The SMILES string of the molecule is Cc1c(S(N)(=O)=O)sc2ccc(Cl)c(-c3ccc4[nH]cc(CCN5CCOCC5)c4c3)c12. The maximum atomic E-state index is 12.1. The van der Waals surface area contributed by atoms with Crippen LogP contribution in [0, 0.1) is 6.92 Å². The van der Waals surface area contributed by atoms with Crippen molar-refractivity contribution in [2.75, 3.05) is 32.8 Å². The second-order valence-corrected chi connectivity index (χ2v) is 11.3. The fraction of sp³-hybridized carbons (Fsp3) is 0.304. The third-order valence-electron chi connectivity index (χ3n) is 6.12. The van der Waals surface area contributed by atoms with Gasteiger partial charge in [0.25, 0.3) is 0 Å². The monoisotopic (exact) mass is 489 g/mol. The van der Waals surface area contributed by atoms with Crippen LogP contribution in [-0.4, -0.2) is 51.1 Å². The number of rotatable bonds is 5. The number of benzene rings is 2. The minimum Gasteiger partial charge on any atom is -0.379 e. The lowest BCUT2D eigenvalue weighted by atomic mass is 9.97. The molecule has 0 bridgehead atoms. The molecule has 9 heteroatoms. The lowest BCUT2D eigenvalue weighted by Gasteiger charge is -2.26. The minimum atomic E-state index is -3.80. The van der Waals surface area contributed by atoms with Gasteiger partial charge in [0.1, 0.15) is 4.21 Å². The van der Waals surface area contributed by atoms with Gasteiger partial charge in [-0.15, -0.1) is 11.3 Å². The van der Waals surface area contributed by atoms with Crippen molar-refractivity contribution in [3.63, 3.8) is 0 Å². The first-order valence-corrected chi connectivity index (χ1v) is 13.2. The van der Waals surface area contributed by atoms with Crippen molar-refractivity contribution in [3.8, 4) is 11.1 Å². The second-order valence-electron chi connectivity index (χ2n) is 8.13. The highest BCUT2D eigenvalue weighted by molar-refractivity contribution is 7.91. The molecule has 3 N–H and O–H groups in total. The number of morpholine rings is 1. The molecule has 0 saturated carbocycles. The van der Waals surface area contributed by atoms with Crippen LogP contribution in [0.25, 0.3) is 32.1 Å². The number of thiophene rings is 1. The Morgan fingerprint density at radius 3 is 2.75 bits per heavy atom. The molecule has 0 amide bonds. The number of aromatic amines is 1. The number of halogens is 1. The van der Waals surface area contributed by atoms with Crippen molar-refractivity contribution < 1.29 is 13.2 Å². The topological polar surface area (TPSA) is 88.4 Å².